The Hall–Kier alpha value is -3.38. The van der Waals surface area contributed by atoms with E-state index in [1.165, 1.54) is 12.1 Å². The van der Waals surface area contributed by atoms with Crippen LogP contribution in [-0.4, -0.2) is 61.9 Å². The Balaban J connectivity index is 1.69. The molecule has 1 aliphatic rings. The number of aromatic nitrogens is 3. The number of rotatable bonds is 5. The lowest BCUT2D eigenvalue weighted by molar-refractivity contribution is -0.141. The van der Waals surface area contributed by atoms with Crippen LogP contribution in [0, 0.1) is 0 Å². The number of pyridine rings is 1. The summed E-state index contributed by atoms with van der Waals surface area (Å²) in [5, 5.41) is 11.5. The smallest absolute Gasteiger partial charge is 0.433 e. The Kier molecular flexibility index (Phi) is 6.04. The van der Waals surface area contributed by atoms with Crippen LogP contribution in [0.1, 0.15) is 17.8 Å². The van der Waals surface area contributed by atoms with Crippen molar-refractivity contribution in [1.82, 2.24) is 25.2 Å². The zero-order chi connectivity index (χ0) is 22.8. The molecule has 0 spiro atoms. The number of carbonyl (C=O) groups is 2. The molecule has 8 nitrogen and oxygen atoms in total. The van der Waals surface area contributed by atoms with Crippen molar-refractivity contribution >= 4 is 12.0 Å². The van der Waals surface area contributed by atoms with Gasteiger partial charge in [0.05, 0.1) is 24.5 Å². The van der Waals surface area contributed by atoms with Crippen LogP contribution in [0.15, 0.2) is 30.7 Å². The van der Waals surface area contributed by atoms with Gasteiger partial charge in [0.2, 0.25) is 5.91 Å². The van der Waals surface area contributed by atoms with Crippen LogP contribution in [0.4, 0.5) is 26.7 Å². The van der Waals surface area contributed by atoms with Crippen LogP contribution < -0.4 is 5.32 Å². The maximum atomic E-state index is 14.2. The van der Waals surface area contributed by atoms with E-state index in [2.05, 4.69) is 20.3 Å². The molecule has 13 heteroatoms. The van der Waals surface area contributed by atoms with Crippen LogP contribution in [0.25, 0.3) is 11.3 Å². The van der Waals surface area contributed by atoms with Gasteiger partial charge in [-0.15, -0.1) is 0 Å². The second-order valence-electron chi connectivity index (χ2n) is 6.96. The number of amides is 2. The fourth-order valence-electron chi connectivity index (χ4n) is 3.13. The lowest BCUT2D eigenvalue weighted by Gasteiger charge is -2.20. The van der Waals surface area contributed by atoms with Gasteiger partial charge in [0.15, 0.2) is 5.67 Å². The van der Waals surface area contributed by atoms with Gasteiger partial charge in [-0.05, 0) is 18.2 Å². The van der Waals surface area contributed by atoms with Crippen molar-refractivity contribution in [1.29, 1.82) is 0 Å². The van der Waals surface area contributed by atoms with Crippen molar-refractivity contribution in [2.75, 3.05) is 13.2 Å². The molecule has 0 radical (unpaired) electrons. The second-order valence-corrected chi connectivity index (χ2v) is 6.96. The summed E-state index contributed by atoms with van der Waals surface area (Å²) < 4.78 is 65.0. The van der Waals surface area contributed by atoms with Crippen molar-refractivity contribution in [3.63, 3.8) is 0 Å². The molecule has 2 aromatic heterocycles. The van der Waals surface area contributed by atoms with Crippen LogP contribution in [-0.2, 0) is 17.5 Å². The summed E-state index contributed by atoms with van der Waals surface area (Å²) in [7, 11) is 0. The molecule has 166 valence electrons. The fourth-order valence-corrected chi connectivity index (χ4v) is 3.13. The lowest BCUT2D eigenvalue weighted by atomic mass is 10.0. The van der Waals surface area contributed by atoms with Crippen molar-refractivity contribution < 1.29 is 36.6 Å². The quantitative estimate of drug-likeness (QED) is 0.685. The maximum absolute atomic E-state index is 14.2. The summed E-state index contributed by atoms with van der Waals surface area (Å²) >= 11 is 0. The molecule has 0 aliphatic carbocycles. The Labute approximate surface area is 172 Å². The predicted octanol–water partition coefficient (Wildman–Crippen LogP) is 2.60. The average Bonchev–Trinajstić information content (AvgIpc) is 3.11. The lowest BCUT2D eigenvalue weighted by Crippen LogP contribution is -2.45. The molecular formula is C18H16F5N5O3. The third-order valence-electron chi connectivity index (χ3n) is 4.69. The summed E-state index contributed by atoms with van der Waals surface area (Å²) in [4.78, 5) is 35.4. The summed E-state index contributed by atoms with van der Waals surface area (Å²) in [5.41, 5.74) is -2.71. The van der Waals surface area contributed by atoms with E-state index in [4.69, 9.17) is 5.11 Å². The molecule has 1 saturated heterocycles. The van der Waals surface area contributed by atoms with Crippen LogP contribution in [0.2, 0.25) is 0 Å². The third kappa shape index (κ3) is 5.03. The largest absolute Gasteiger partial charge is 0.465 e. The number of likely N-dealkylation sites (tertiary alicyclic amines) is 1. The molecule has 1 fully saturated rings. The second kappa shape index (κ2) is 8.40. The maximum Gasteiger partial charge on any atom is 0.433 e. The van der Waals surface area contributed by atoms with E-state index >= 15 is 0 Å². The van der Waals surface area contributed by atoms with Crippen molar-refractivity contribution in [3.8, 4) is 11.3 Å². The number of alkyl halides is 5. The number of carbonyl (C=O) groups excluding carboxylic acids is 1. The minimum Gasteiger partial charge on any atom is -0.465 e. The number of nitrogens with zero attached hydrogens (tertiary/aromatic N) is 4. The topological polar surface area (TPSA) is 108 Å². The highest BCUT2D eigenvalue weighted by Crippen LogP contribution is 2.32. The zero-order valence-electron chi connectivity index (χ0n) is 15.7. The molecule has 2 N–H and O–H groups in total. The fraction of sp³-hybridized carbons (Fsp3) is 0.389. The van der Waals surface area contributed by atoms with E-state index in [1.807, 2.05) is 0 Å². The third-order valence-corrected chi connectivity index (χ3v) is 4.69. The van der Waals surface area contributed by atoms with E-state index in [-0.39, 0.29) is 23.5 Å². The van der Waals surface area contributed by atoms with E-state index < -0.39 is 55.2 Å². The zero-order valence-corrected chi connectivity index (χ0v) is 15.7. The molecule has 2 aromatic rings. The van der Waals surface area contributed by atoms with Gasteiger partial charge in [0, 0.05) is 18.2 Å². The van der Waals surface area contributed by atoms with Crippen molar-refractivity contribution in [2.24, 2.45) is 0 Å². The molecule has 31 heavy (non-hydrogen) atoms. The van der Waals surface area contributed by atoms with E-state index in [1.54, 1.807) is 0 Å². The van der Waals surface area contributed by atoms with Gasteiger partial charge in [-0.2, -0.15) is 13.2 Å². The first-order valence-corrected chi connectivity index (χ1v) is 8.89. The summed E-state index contributed by atoms with van der Waals surface area (Å²) in [6, 6.07) is 1.98. The standard InChI is InChI=1S/C18H16F5N5O3/c19-7-17(20)4-13(28(8-17)16(30)31)15(29)25-6-11-3-12(27-9-26-11)10-1-2-14(24-5-10)18(21,22)23/h1-3,5,9,13H,4,6-8H2,(H,25,29)(H,30,31)/t13-,17?/m0/s1. The highest BCUT2D eigenvalue weighted by atomic mass is 19.4. The number of hydrogen-bond acceptors (Lipinski definition) is 5. The van der Waals surface area contributed by atoms with Gasteiger partial charge in [0.1, 0.15) is 24.7 Å². The first kappa shape index (κ1) is 22.3. The molecule has 2 amide bonds. The van der Waals surface area contributed by atoms with E-state index in [0.29, 0.717) is 4.90 Å². The highest BCUT2D eigenvalue weighted by molar-refractivity contribution is 5.86. The number of nitrogens with one attached hydrogen (secondary N) is 1. The number of carboxylic acid groups (broad SMARTS) is 1. The van der Waals surface area contributed by atoms with Crippen LogP contribution >= 0.6 is 0 Å². The monoisotopic (exact) mass is 445 g/mol. The molecule has 1 unspecified atom stereocenters. The van der Waals surface area contributed by atoms with Gasteiger partial charge < -0.3 is 10.4 Å². The molecular weight excluding hydrogens is 429 g/mol. The number of halogens is 5. The normalized spacial score (nSPS) is 21.2. The number of hydrogen-bond donors (Lipinski definition) is 2. The van der Waals surface area contributed by atoms with Crippen LogP contribution in [0.5, 0.6) is 0 Å². The first-order valence-electron chi connectivity index (χ1n) is 8.89. The van der Waals surface area contributed by atoms with Gasteiger partial charge >= 0.3 is 12.3 Å². The Morgan fingerprint density at radius 3 is 2.58 bits per heavy atom. The Bertz CT molecular complexity index is 972. The highest BCUT2D eigenvalue weighted by Gasteiger charge is 2.49. The first-order chi connectivity index (χ1) is 14.5. The van der Waals surface area contributed by atoms with Crippen molar-refractivity contribution in [3.05, 3.63) is 42.1 Å². The Morgan fingerprint density at radius 2 is 2.00 bits per heavy atom. The van der Waals surface area contributed by atoms with Gasteiger partial charge in [-0.1, -0.05) is 0 Å². The SMILES string of the molecule is O=C(NCc1cc(-c2ccc(C(F)(F)F)nc2)ncn1)[C@@H]1CC(F)(CF)CN1C(=O)O. The molecule has 0 bridgehead atoms. The van der Waals surface area contributed by atoms with Gasteiger partial charge in [-0.3, -0.25) is 14.7 Å². The van der Waals surface area contributed by atoms with Gasteiger partial charge in [-0.25, -0.2) is 23.5 Å². The van der Waals surface area contributed by atoms with E-state index in [9.17, 15) is 31.5 Å². The molecule has 1 aliphatic heterocycles. The van der Waals surface area contributed by atoms with Gasteiger partial charge in [0.25, 0.3) is 0 Å². The predicted molar refractivity (Wildman–Crippen MR) is 95.1 cm³/mol. The average molecular weight is 445 g/mol. The van der Waals surface area contributed by atoms with Crippen LogP contribution in [0.3, 0.4) is 0 Å². The molecule has 2 atom stereocenters. The minimum atomic E-state index is -4.58. The summed E-state index contributed by atoms with van der Waals surface area (Å²) in [6.45, 7) is -2.37. The molecule has 3 rings (SSSR count). The summed E-state index contributed by atoms with van der Waals surface area (Å²) in [5.74, 6) is -0.827. The molecule has 0 saturated carbocycles. The van der Waals surface area contributed by atoms with E-state index in [0.717, 1.165) is 18.6 Å². The summed E-state index contributed by atoms with van der Waals surface area (Å²) in [6.07, 6.45) is -4.62. The molecule has 3 heterocycles. The molecule has 0 aromatic carbocycles. The van der Waals surface area contributed by atoms with Crippen molar-refractivity contribution in [2.45, 2.75) is 30.9 Å². The minimum absolute atomic E-state index is 0.193. The Morgan fingerprint density at radius 1 is 1.26 bits per heavy atom.